The molecule has 0 bridgehead atoms. The van der Waals surface area contributed by atoms with E-state index in [2.05, 4.69) is 0 Å². The molecular formula is C12H19ClF2. The van der Waals surface area contributed by atoms with Crippen molar-refractivity contribution in [1.29, 1.82) is 0 Å². The lowest BCUT2D eigenvalue weighted by Crippen LogP contribution is -1.94. The molecule has 1 unspecified atom stereocenters. The Balaban J connectivity index is 0. The molecular weight excluding hydrogens is 218 g/mol. The number of alkyl halides is 1. The summed E-state index contributed by atoms with van der Waals surface area (Å²) in [6.45, 7) is 9.53. The molecule has 0 fully saturated rings. The van der Waals surface area contributed by atoms with Crippen molar-refractivity contribution in [3.63, 3.8) is 0 Å². The molecule has 88 valence electrons. The molecule has 0 amide bonds. The topological polar surface area (TPSA) is 0 Å². The maximum Gasteiger partial charge on any atom is 0.130 e. The van der Waals surface area contributed by atoms with E-state index in [0.717, 1.165) is 0 Å². The Bertz CT molecular complexity index is 240. The zero-order valence-corrected chi connectivity index (χ0v) is 10.7. The van der Waals surface area contributed by atoms with Crippen LogP contribution < -0.4 is 0 Å². The van der Waals surface area contributed by atoms with Crippen LogP contribution >= 0.6 is 11.6 Å². The van der Waals surface area contributed by atoms with Crippen LogP contribution in [0.2, 0.25) is 0 Å². The fraction of sp³-hybridized carbons (Fsp3) is 0.500. The molecule has 0 aliphatic heterocycles. The molecule has 0 aromatic heterocycles. The Morgan fingerprint density at radius 2 is 1.33 bits per heavy atom. The second kappa shape index (κ2) is 9.91. The lowest BCUT2D eigenvalue weighted by atomic mass is 10.1. The molecule has 0 heterocycles. The summed E-state index contributed by atoms with van der Waals surface area (Å²) in [5.74, 6) is -1.18. The largest absolute Gasteiger partial charge is 0.207 e. The number of benzene rings is 1. The smallest absolute Gasteiger partial charge is 0.130 e. The highest BCUT2D eigenvalue weighted by atomic mass is 35.5. The number of halogens is 3. The van der Waals surface area contributed by atoms with Crippen LogP contribution in [0, 0.1) is 11.6 Å². The van der Waals surface area contributed by atoms with Crippen LogP contribution in [0.15, 0.2) is 18.2 Å². The normalized spacial score (nSPS) is 10.4. The van der Waals surface area contributed by atoms with E-state index in [0.29, 0.717) is 0 Å². The van der Waals surface area contributed by atoms with E-state index >= 15 is 0 Å². The highest BCUT2D eigenvalue weighted by Gasteiger charge is 2.12. The van der Waals surface area contributed by atoms with E-state index in [1.807, 2.05) is 27.7 Å². The van der Waals surface area contributed by atoms with Gasteiger partial charge in [0.1, 0.15) is 11.6 Å². The van der Waals surface area contributed by atoms with Crippen molar-refractivity contribution in [2.75, 3.05) is 0 Å². The third-order valence-electron chi connectivity index (χ3n) is 1.40. The van der Waals surface area contributed by atoms with Gasteiger partial charge in [0.05, 0.1) is 5.38 Å². The number of hydrogen-bond acceptors (Lipinski definition) is 0. The molecule has 0 saturated carbocycles. The van der Waals surface area contributed by atoms with Gasteiger partial charge < -0.3 is 0 Å². The van der Waals surface area contributed by atoms with E-state index in [4.69, 9.17) is 11.6 Å². The van der Waals surface area contributed by atoms with Gasteiger partial charge in [-0.15, -0.1) is 11.6 Å². The van der Waals surface area contributed by atoms with Crippen molar-refractivity contribution >= 4 is 11.6 Å². The molecule has 0 radical (unpaired) electrons. The van der Waals surface area contributed by atoms with Crippen molar-refractivity contribution in [3.05, 3.63) is 35.4 Å². The van der Waals surface area contributed by atoms with Crippen molar-refractivity contribution < 1.29 is 8.78 Å². The number of rotatable bonds is 1. The summed E-state index contributed by atoms with van der Waals surface area (Å²) in [6, 6.07) is 3.70. The van der Waals surface area contributed by atoms with Crippen LogP contribution in [0.3, 0.4) is 0 Å². The molecule has 0 aliphatic carbocycles. The minimum Gasteiger partial charge on any atom is -0.207 e. The van der Waals surface area contributed by atoms with Crippen molar-refractivity contribution in [2.24, 2.45) is 0 Å². The van der Waals surface area contributed by atoms with Gasteiger partial charge in [-0.25, -0.2) is 8.78 Å². The highest BCUT2D eigenvalue weighted by Crippen LogP contribution is 2.24. The van der Waals surface area contributed by atoms with E-state index in [-0.39, 0.29) is 5.56 Å². The maximum absolute atomic E-state index is 12.8. The summed E-state index contributed by atoms with van der Waals surface area (Å²) >= 11 is 5.53. The van der Waals surface area contributed by atoms with E-state index < -0.39 is 17.0 Å². The lowest BCUT2D eigenvalue weighted by Gasteiger charge is -2.04. The number of hydrogen-bond donors (Lipinski definition) is 0. The predicted molar refractivity (Wildman–Crippen MR) is 63.3 cm³/mol. The molecule has 15 heavy (non-hydrogen) atoms. The Morgan fingerprint density at radius 3 is 1.53 bits per heavy atom. The molecule has 0 spiro atoms. The third kappa shape index (κ3) is 5.73. The lowest BCUT2D eigenvalue weighted by molar-refractivity contribution is 0.556. The second-order valence-electron chi connectivity index (χ2n) is 2.25. The molecule has 3 heteroatoms. The van der Waals surface area contributed by atoms with Gasteiger partial charge in [0.15, 0.2) is 0 Å². The molecule has 0 N–H and O–H groups in total. The first-order chi connectivity index (χ1) is 7.13. The van der Waals surface area contributed by atoms with Crippen molar-refractivity contribution in [3.8, 4) is 0 Å². The summed E-state index contributed by atoms with van der Waals surface area (Å²) in [5.41, 5.74) is -0.0610. The Hall–Kier alpha value is -0.630. The van der Waals surface area contributed by atoms with Crippen molar-refractivity contribution in [1.82, 2.24) is 0 Å². The highest BCUT2D eigenvalue weighted by molar-refractivity contribution is 6.20. The molecule has 0 nitrogen and oxygen atoms in total. The Kier molecular flexibility index (Phi) is 11.1. The standard InChI is InChI=1S/C8H7ClF2.2C2H6/c1-5(9)8-6(10)3-2-4-7(8)11;2*1-2/h2-5H,1H3;2*1-2H3. The molecule has 1 rings (SSSR count). The predicted octanol–water partition coefficient (Wildman–Crippen LogP) is 5.32. The minimum atomic E-state index is -0.629. The van der Waals surface area contributed by atoms with Gasteiger partial charge in [-0.2, -0.15) is 0 Å². The second-order valence-corrected chi connectivity index (χ2v) is 2.91. The van der Waals surface area contributed by atoms with Gasteiger partial charge in [-0.3, -0.25) is 0 Å². The first kappa shape index (κ1) is 16.8. The maximum atomic E-state index is 12.8. The summed E-state index contributed by atoms with van der Waals surface area (Å²) in [7, 11) is 0. The van der Waals surface area contributed by atoms with Crippen LogP contribution in [0.5, 0.6) is 0 Å². The van der Waals surface area contributed by atoms with Crippen LogP contribution in [0.1, 0.15) is 45.6 Å². The summed E-state index contributed by atoms with van der Waals surface area (Å²) in [4.78, 5) is 0. The fourth-order valence-corrected chi connectivity index (χ4v) is 1.10. The SMILES string of the molecule is CC.CC.CC(Cl)c1c(F)cccc1F. The van der Waals surface area contributed by atoms with Gasteiger partial charge >= 0.3 is 0 Å². The molecule has 1 atom stereocenters. The van der Waals surface area contributed by atoms with Crippen LogP contribution in [0.4, 0.5) is 8.78 Å². The fourth-order valence-electron chi connectivity index (χ4n) is 0.891. The first-order valence-electron chi connectivity index (χ1n) is 5.21. The average Bonchev–Trinajstić information content (AvgIpc) is 2.23. The molecule has 0 aliphatic rings. The summed E-state index contributed by atoms with van der Waals surface area (Å²) < 4.78 is 25.6. The van der Waals surface area contributed by atoms with Gasteiger partial charge in [0.25, 0.3) is 0 Å². The van der Waals surface area contributed by atoms with Gasteiger partial charge in [0, 0.05) is 5.56 Å². The van der Waals surface area contributed by atoms with Crippen LogP contribution in [0.25, 0.3) is 0 Å². The van der Waals surface area contributed by atoms with Crippen molar-refractivity contribution in [2.45, 2.75) is 40.0 Å². The van der Waals surface area contributed by atoms with Gasteiger partial charge in [0.2, 0.25) is 0 Å². The molecule has 1 aromatic carbocycles. The van der Waals surface area contributed by atoms with E-state index in [1.165, 1.54) is 25.1 Å². The Morgan fingerprint density at radius 1 is 1.00 bits per heavy atom. The molecule has 0 saturated heterocycles. The van der Waals surface area contributed by atoms with Crippen LogP contribution in [-0.4, -0.2) is 0 Å². The van der Waals surface area contributed by atoms with E-state index in [1.54, 1.807) is 0 Å². The monoisotopic (exact) mass is 236 g/mol. The van der Waals surface area contributed by atoms with Crippen LogP contribution in [-0.2, 0) is 0 Å². The summed E-state index contributed by atoms with van der Waals surface area (Å²) in [5, 5.41) is -0.629. The first-order valence-corrected chi connectivity index (χ1v) is 5.64. The van der Waals surface area contributed by atoms with Gasteiger partial charge in [-0.1, -0.05) is 33.8 Å². The summed E-state index contributed by atoms with van der Waals surface area (Å²) in [6.07, 6.45) is 0. The zero-order valence-electron chi connectivity index (χ0n) is 9.94. The molecule has 1 aromatic rings. The van der Waals surface area contributed by atoms with E-state index in [9.17, 15) is 8.78 Å². The Labute approximate surface area is 96.3 Å². The third-order valence-corrected chi connectivity index (χ3v) is 1.62. The quantitative estimate of drug-likeness (QED) is 0.579. The average molecular weight is 237 g/mol. The zero-order chi connectivity index (χ0) is 12.4. The minimum absolute atomic E-state index is 0.0610. The van der Waals surface area contributed by atoms with Gasteiger partial charge in [-0.05, 0) is 19.1 Å².